The summed E-state index contributed by atoms with van der Waals surface area (Å²) in [4.78, 5) is 28.3. The Morgan fingerprint density at radius 3 is 2.44 bits per heavy atom. The number of amides is 2. The molecule has 8 heteroatoms. The first kappa shape index (κ1) is 25.6. The Balaban J connectivity index is 1.43. The molecule has 0 saturated carbocycles. The van der Waals surface area contributed by atoms with Crippen molar-refractivity contribution in [3.05, 3.63) is 89.4 Å². The number of halogens is 2. The van der Waals surface area contributed by atoms with Crippen molar-refractivity contribution in [2.75, 3.05) is 25.5 Å². The Kier molecular flexibility index (Phi) is 8.15. The second kappa shape index (κ2) is 11.5. The van der Waals surface area contributed by atoms with Gasteiger partial charge < -0.3 is 14.6 Å². The molecular formula is C28H31F2N3O3. The van der Waals surface area contributed by atoms with Crippen LogP contribution in [0.3, 0.4) is 0 Å². The van der Waals surface area contributed by atoms with Crippen LogP contribution in [0.1, 0.15) is 41.4 Å². The molecule has 0 spiro atoms. The minimum Gasteiger partial charge on any atom is -0.459 e. The molecule has 2 aromatic carbocycles. The molecule has 1 saturated heterocycles. The van der Waals surface area contributed by atoms with E-state index in [1.165, 1.54) is 25.3 Å². The van der Waals surface area contributed by atoms with Crippen molar-refractivity contribution in [2.45, 2.75) is 38.8 Å². The molecule has 0 radical (unpaired) electrons. The number of likely N-dealkylation sites (N-methyl/N-ethyl adjacent to an activating group) is 1. The number of hydrogen-bond donors (Lipinski definition) is 1. The van der Waals surface area contributed by atoms with Crippen molar-refractivity contribution in [1.29, 1.82) is 0 Å². The number of anilines is 1. The largest absolute Gasteiger partial charge is 0.459 e. The SMILES string of the molecule is CC(=O)Nc1ccc(CN2CCC(C(Cc3ccc(F)cc3F)N(C)C(=O)c3ccco3)CC2)cc1. The zero-order chi connectivity index (χ0) is 25.7. The highest BCUT2D eigenvalue weighted by Crippen LogP contribution is 2.29. The summed E-state index contributed by atoms with van der Waals surface area (Å²) in [5.41, 5.74) is 2.31. The Morgan fingerprint density at radius 1 is 1.11 bits per heavy atom. The number of rotatable bonds is 8. The normalized spacial score (nSPS) is 15.4. The van der Waals surface area contributed by atoms with Crippen LogP contribution in [0, 0.1) is 17.6 Å². The lowest BCUT2D eigenvalue weighted by Crippen LogP contribution is -2.47. The van der Waals surface area contributed by atoms with Crippen molar-refractivity contribution in [3.63, 3.8) is 0 Å². The van der Waals surface area contributed by atoms with Gasteiger partial charge in [-0.25, -0.2) is 8.78 Å². The molecule has 2 heterocycles. The molecule has 36 heavy (non-hydrogen) atoms. The maximum Gasteiger partial charge on any atom is 0.289 e. The van der Waals surface area contributed by atoms with Crippen LogP contribution >= 0.6 is 0 Å². The number of furan rings is 1. The van der Waals surface area contributed by atoms with Crippen LogP contribution in [0.4, 0.5) is 14.5 Å². The number of nitrogens with zero attached hydrogens (tertiary/aromatic N) is 2. The molecule has 4 rings (SSSR count). The number of carbonyl (C=O) groups excluding carboxylic acids is 2. The van der Waals surface area contributed by atoms with Gasteiger partial charge >= 0.3 is 0 Å². The maximum absolute atomic E-state index is 14.5. The lowest BCUT2D eigenvalue weighted by molar-refractivity contribution is -0.114. The minimum atomic E-state index is -0.619. The van der Waals surface area contributed by atoms with Gasteiger partial charge in [0.25, 0.3) is 5.91 Å². The third-order valence-electron chi connectivity index (χ3n) is 6.85. The molecule has 6 nitrogen and oxygen atoms in total. The Morgan fingerprint density at radius 2 is 1.83 bits per heavy atom. The van der Waals surface area contributed by atoms with E-state index in [4.69, 9.17) is 4.42 Å². The molecule has 1 atom stereocenters. The number of nitrogens with one attached hydrogen (secondary N) is 1. The summed E-state index contributed by atoms with van der Waals surface area (Å²) in [7, 11) is 1.72. The van der Waals surface area contributed by atoms with Gasteiger partial charge in [0.15, 0.2) is 5.76 Å². The molecule has 1 aliphatic heterocycles. The molecule has 1 unspecified atom stereocenters. The van der Waals surface area contributed by atoms with Crippen molar-refractivity contribution in [2.24, 2.45) is 5.92 Å². The third-order valence-corrected chi connectivity index (χ3v) is 6.85. The summed E-state index contributed by atoms with van der Waals surface area (Å²) in [6.07, 6.45) is 3.43. The number of carbonyl (C=O) groups is 2. The van der Waals surface area contributed by atoms with Gasteiger partial charge in [-0.1, -0.05) is 18.2 Å². The van der Waals surface area contributed by atoms with Gasteiger partial charge in [-0.2, -0.15) is 0 Å². The lowest BCUT2D eigenvalue weighted by atomic mass is 9.84. The smallest absolute Gasteiger partial charge is 0.289 e. The molecule has 3 aromatic rings. The molecule has 0 aliphatic carbocycles. The van der Waals surface area contributed by atoms with Gasteiger partial charge in [0.2, 0.25) is 5.91 Å². The first-order chi connectivity index (χ1) is 17.3. The van der Waals surface area contributed by atoms with Gasteiger partial charge in [-0.3, -0.25) is 14.5 Å². The third kappa shape index (κ3) is 6.37. The molecule has 190 valence electrons. The van der Waals surface area contributed by atoms with E-state index in [0.29, 0.717) is 12.0 Å². The average molecular weight is 496 g/mol. The van der Waals surface area contributed by atoms with E-state index in [9.17, 15) is 18.4 Å². The highest BCUT2D eigenvalue weighted by Gasteiger charge is 2.33. The van der Waals surface area contributed by atoms with E-state index in [-0.39, 0.29) is 29.5 Å². The number of piperidine rings is 1. The summed E-state index contributed by atoms with van der Waals surface area (Å²) in [5, 5.41) is 2.77. The fraction of sp³-hybridized carbons (Fsp3) is 0.357. The minimum absolute atomic E-state index is 0.101. The number of likely N-dealkylation sites (tertiary alicyclic amines) is 1. The van der Waals surface area contributed by atoms with Crippen LogP contribution in [0.15, 0.2) is 65.3 Å². The van der Waals surface area contributed by atoms with Crippen molar-refractivity contribution >= 4 is 17.5 Å². The molecule has 1 aromatic heterocycles. The molecule has 1 aliphatic rings. The Labute approximate surface area is 209 Å². The van der Waals surface area contributed by atoms with E-state index < -0.39 is 11.6 Å². The lowest BCUT2D eigenvalue weighted by Gasteiger charge is -2.40. The summed E-state index contributed by atoms with van der Waals surface area (Å²) < 4.78 is 33.3. The Bertz CT molecular complexity index is 1170. The second-order valence-electron chi connectivity index (χ2n) is 9.39. The van der Waals surface area contributed by atoms with Gasteiger partial charge in [0, 0.05) is 38.3 Å². The fourth-order valence-electron chi connectivity index (χ4n) is 4.91. The number of benzene rings is 2. The Hall–Kier alpha value is -3.52. The van der Waals surface area contributed by atoms with Gasteiger partial charge in [-0.15, -0.1) is 0 Å². The van der Waals surface area contributed by atoms with E-state index in [1.807, 2.05) is 24.3 Å². The fourth-order valence-corrected chi connectivity index (χ4v) is 4.91. The summed E-state index contributed by atoms with van der Waals surface area (Å²) >= 11 is 0. The van der Waals surface area contributed by atoms with Crippen LogP contribution < -0.4 is 5.32 Å². The molecule has 0 bridgehead atoms. The average Bonchev–Trinajstić information content (AvgIpc) is 3.39. The topological polar surface area (TPSA) is 65.8 Å². The predicted molar refractivity (Wildman–Crippen MR) is 133 cm³/mol. The highest BCUT2D eigenvalue weighted by atomic mass is 19.1. The van der Waals surface area contributed by atoms with Crippen molar-refractivity contribution in [3.8, 4) is 0 Å². The van der Waals surface area contributed by atoms with E-state index in [2.05, 4.69) is 10.2 Å². The summed E-state index contributed by atoms with van der Waals surface area (Å²) in [6.45, 7) is 3.94. The summed E-state index contributed by atoms with van der Waals surface area (Å²) in [6, 6.07) is 14.4. The molecule has 1 N–H and O–H groups in total. The van der Waals surface area contributed by atoms with Crippen LogP contribution in [-0.2, 0) is 17.8 Å². The molecular weight excluding hydrogens is 464 g/mol. The molecule has 2 amide bonds. The zero-order valence-corrected chi connectivity index (χ0v) is 20.5. The maximum atomic E-state index is 14.5. The first-order valence-electron chi connectivity index (χ1n) is 12.1. The molecule has 1 fully saturated rings. The van der Waals surface area contributed by atoms with Crippen LogP contribution in [0.2, 0.25) is 0 Å². The first-order valence-corrected chi connectivity index (χ1v) is 12.1. The summed E-state index contributed by atoms with van der Waals surface area (Å²) in [5.74, 6) is -1.19. The predicted octanol–water partition coefficient (Wildman–Crippen LogP) is 5.11. The van der Waals surface area contributed by atoms with Crippen LogP contribution in [0.5, 0.6) is 0 Å². The van der Waals surface area contributed by atoms with Crippen molar-refractivity contribution in [1.82, 2.24) is 9.80 Å². The van der Waals surface area contributed by atoms with Gasteiger partial charge in [-0.05, 0) is 79.7 Å². The van der Waals surface area contributed by atoms with E-state index in [0.717, 1.165) is 49.8 Å². The quantitative estimate of drug-likeness (QED) is 0.472. The van der Waals surface area contributed by atoms with Crippen molar-refractivity contribution < 1.29 is 22.8 Å². The van der Waals surface area contributed by atoms with Crippen LogP contribution in [0.25, 0.3) is 0 Å². The standard InChI is InChI=1S/C28H31F2N3O3/c1-19(34)31-24-9-5-20(6-10-24)18-33-13-11-21(12-14-33)26(16-22-7-8-23(29)17-25(22)30)32(2)28(35)27-4-3-15-36-27/h3-10,15,17,21,26H,11-14,16,18H2,1-2H3,(H,31,34). The zero-order valence-electron chi connectivity index (χ0n) is 20.5. The second-order valence-corrected chi connectivity index (χ2v) is 9.39. The monoisotopic (exact) mass is 495 g/mol. The van der Waals surface area contributed by atoms with Crippen LogP contribution in [-0.4, -0.2) is 47.8 Å². The van der Waals surface area contributed by atoms with E-state index in [1.54, 1.807) is 24.1 Å². The van der Waals surface area contributed by atoms with Gasteiger partial charge in [0.1, 0.15) is 11.6 Å². The highest BCUT2D eigenvalue weighted by molar-refractivity contribution is 5.91. The van der Waals surface area contributed by atoms with E-state index >= 15 is 0 Å². The number of hydrogen-bond acceptors (Lipinski definition) is 4. The van der Waals surface area contributed by atoms with Gasteiger partial charge in [0.05, 0.1) is 6.26 Å².